The quantitative estimate of drug-likeness (QED) is 0.336. The van der Waals surface area contributed by atoms with Crippen molar-refractivity contribution in [3.63, 3.8) is 0 Å². The van der Waals surface area contributed by atoms with Crippen LogP contribution in [-0.2, 0) is 0 Å². The molecular weight excluding hydrogens is 290 g/mol. The molecule has 0 N–H and O–H groups in total. The van der Waals surface area contributed by atoms with Crippen molar-refractivity contribution in [2.24, 2.45) is 0 Å². The maximum atomic E-state index is 4.69. The van der Waals surface area contributed by atoms with Gasteiger partial charge in [-0.05, 0) is 39.1 Å². The van der Waals surface area contributed by atoms with Crippen LogP contribution in [0.1, 0.15) is 0 Å². The van der Waals surface area contributed by atoms with Crippen LogP contribution in [0.15, 0.2) is 91.1 Å². The highest BCUT2D eigenvalue weighted by Crippen LogP contribution is 2.29. The van der Waals surface area contributed by atoms with E-state index in [1.165, 1.54) is 32.3 Å². The Bertz CT molecular complexity index is 1200. The average molecular weight is 305 g/mol. The summed E-state index contributed by atoms with van der Waals surface area (Å²) in [6.45, 7) is 0. The first-order chi connectivity index (χ1) is 11.9. The predicted octanol–water partition coefficient (Wildman–Crippen LogP) is 6.21. The van der Waals surface area contributed by atoms with Gasteiger partial charge in [-0.3, -0.25) is 4.98 Å². The molecule has 0 atom stereocenters. The van der Waals surface area contributed by atoms with Crippen molar-refractivity contribution in [1.29, 1.82) is 0 Å². The highest BCUT2D eigenvalue weighted by atomic mass is 14.7. The first-order valence-electron chi connectivity index (χ1n) is 8.15. The van der Waals surface area contributed by atoms with Gasteiger partial charge in [0, 0.05) is 17.1 Å². The van der Waals surface area contributed by atoms with Gasteiger partial charge in [0.2, 0.25) is 0 Å². The lowest BCUT2D eigenvalue weighted by molar-refractivity contribution is 1.36. The highest BCUT2D eigenvalue weighted by molar-refractivity contribution is 6.08. The second-order valence-corrected chi connectivity index (χ2v) is 6.14. The van der Waals surface area contributed by atoms with Gasteiger partial charge in [0.05, 0.1) is 5.69 Å². The summed E-state index contributed by atoms with van der Waals surface area (Å²) >= 11 is 0. The van der Waals surface area contributed by atoms with Crippen LogP contribution in [0.4, 0.5) is 0 Å². The van der Waals surface area contributed by atoms with Gasteiger partial charge in [0.25, 0.3) is 0 Å². The van der Waals surface area contributed by atoms with Crippen molar-refractivity contribution < 1.29 is 0 Å². The molecule has 5 aromatic rings. The SMILES string of the molecule is c1ccc2cc(-c3cc4c(ccc5ccccc54)cn3)ccc2c1. The zero-order valence-corrected chi connectivity index (χ0v) is 13.1. The summed E-state index contributed by atoms with van der Waals surface area (Å²) in [5.41, 5.74) is 2.17. The summed E-state index contributed by atoms with van der Waals surface area (Å²) in [5, 5.41) is 7.48. The number of nitrogens with zero attached hydrogens (tertiary/aromatic N) is 1. The van der Waals surface area contributed by atoms with E-state index in [1.807, 2.05) is 6.20 Å². The molecular formula is C23H15N. The molecule has 0 spiro atoms. The maximum Gasteiger partial charge on any atom is 0.0708 e. The largest absolute Gasteiger partial charge is 0.256 e. The minimum Gasteiger partial charge on any atom is -0.256 e. The van der Waals surface area contributed by atoms with Crippen LogP contribution in [0.3, 0.4) is 0 Å². The molecule has 1 heteroatoms. The lowest BCUT2D eigenvalue weighted by Gasteiger charge is -2.07. The van der Waals surface area contributed by atoms with Gasteiger partial charge >= 0.3 is 0 Å². The number of hydrogen-bond donors (Lipinski definition) is 0. The van der Waals surface area contributed by atoms with Crippen molar-refractivity contribution in [3.8, 4) is 11.3 Å². The van der Waals surface area contributed by atoms with Gasteiger partial charge in [-0.1, -0.05) is 72.8 Å². The second kappa shape index (κ2) is 5.17. The fraction of sp³-hybridized carbons (Fsp3) is 0. The Hall–Kier alpha value is -3.19. The normalized spacial score (nSPS) is 11.3. The molecule has 0 aliphatic carbocycles. The third-order valence-electron chi connectivity index (χ3n) is 4.67. The summed E-state index contributed by atoms with van der Waals surface area (Å²) in [4.78, 5) is 4.69. The van der Waals surface area contributed by atoms with Crippen LogP contribution in [0.5, 0.6) is 0 Å². The van der Waals surface area contributed by atoms with Crippen LogP contribution >= 0.6 is 0 Å². The molecule has 1 nitrogen and oxygen atoms in total. The molecule has 0 aliphatic rings. The summed E-state index contributed by atoms with van der Waals surface area (Å²) in [6.07, 6.45) is 1.98. The smallest absolute Gasteiger partial charge is 0.0708 e. The third-order valence-corrected chi connectivity index (χ3v) is 4.67. The molecule has 1 heterocycles. The van der Waals surface area contributed by atoms with Crippen molar-refractivity contribution in [2.75, 3.05) is 0 Å². The van der Waals surface area contributed by atoms with E-state index in [9.17, 15) is 0 Å². The van der Waals surface area contributed by atoms with E-state index in [2.05, 4.69) is 84.9 Å². The molecule has 4 aromatic carbocycles. The van der Waals surface area contributed by atoms with Crippen LogP contribution in [0.25, 0.3) is 43.6 Å². The standard InChI is InChI=1S/C23H15N/c1-2-7-18-13-19(11-9-16(18)5-1)23-14-22-20(15-24-23)12-10-17-6-3-4-8-21(17)22/h1-15H. The summed E-state index contributed by atoms with van der Waals surface area (Å²) < 4.78 is 0. The maximum absolute atomic E-state index is 4.69. The lowest BCUT2D eigenvalue weighted by Crippen LogP contribution is -1.86. The Labute approximate surface area is 140 Å². The van der Waals surface area contributed by atoms with Crippen LogP contribution < -0.4 is 0 Å². The van der Waals surface area contributed by atoms with E-state index < -0.39 is 0 Å². The predicted molar refractivity (Wildman–Crippen MR) is 102 cm³/mol. The number of pyridine rings is 1. The molecule has 0 amide bonds. The zero-order valence-electron chi connectivity index (χ0n) is 13.1. The first kappa shape index (κ1) is 13.3. The fourth-order valence-corrected chi connectivity index (χ4v) is 3.41. The van der Waals surface area contributed by atoms with Crippen molar-refractivity contribution in [3.05, 3.63) is 91.1 Å². The van der Waals surface area contributed by atoms with Crippen LogP contribution in [0.2, 0.25) is 0 Å². The highest BCUT2D eigenvalue weighted by Gasteiger charge is 2.05. The molecule has 0 fully saturated rings. The molecule has 0 unspecified atom stereocenters. The molecule has 112 valence electrons. The fourth-order valence-electron chi connectivity index (χ4n) is 3.41. The first-order valence-corrected chi connectivity index (χ1v) is 8.15. The minimum atomic E-state index is 1.02. The Morgan fingerprint density at radius 2 is 1.21 bits per heavy atom. The van der Waals surface area contributed by atoms with Gasteiger partial charge in [-0.15, -0.1) is 0 Å². The van der Waals surface area contributed by atoms with Crippen LogP contribution in [-0.4, -0.2) is 4.98 Å². The van der Waals surface area contributed by atoms with Crippen molar-refractivity contribution >= 4 is 32.3 Å². The number of benzene rings is 4. The molecule has 5 rings (SSSR count). The van der Waals surface area contributed by atoms with Crippen LogP contribution in [0, 0.1) is 0 Å². The number of rotatable bonds is 1. The van der Waals surface area contributed by atoms with Gasteiger partial charge in [0.15, 0.2) is 0 Å². The molecule has 24 heavy (non-hydrogen) atoms. The zero-order chi connectivity index (χ0) is 15.9. The third kappa shape index (κ3) is 2.06. The molecule has 0 aliphatic heterocycles. The summed E-state index contributed by atoms with van der Waals surface area (Å²) in [7, 11) is 0. The van der Waals surface area contributed by atoms with E-state index in [0.717, 1.165) is 11.3 Å². The summed E-state index contributed by atoms with van der Waals surface area (Å²) in [6, 6.07) is 30.0. The van der Waals surface area contributed by atoms with Gasteiger partial charge in [0.1, 0.15) is 0 Å². The van der Waals surface area contributed by atoms with Crippen molar-refractivity contribution in [2.45, 2.75) is 0 Å². The topological polar surface area (TPSA) is 12.9 Å². The molecule has 0 saturated heterocycles. The second-order valence-electron chi connectivity index (χ2n) is 6.14. The minimum absolute atomic E-state index is 1.02. The van der Waals surface area contributed by atoms with E-state index in [1.54, 1.807) is 0 Å². The Balaban J connectivity index is 1.77. The molecule has 0 radical (unpaired) electrons. The van der Waals surface area contributed by atoms with Gasteiger partial charge in [-0.25, -0.2) is 0 Å². The number of aromatic nitrogens is 1. The Morgan fingerprint density at radius 3 is 2.12 bits per heavy atom. The Kier molecular flexibility index (Phi) is 2.86. The molecule has 0 bridgehead atoms. The molecule has 0 saturated carbocycles. The molecule has 1 aromatic heterocycles. The number of hydrogen-bond acceptors (Lipinski definition) is 1. The lowest BCUT2D eigenvalue weighted by atomic mass is 10.00. The van der Waals surface area contributed by atoms with E-state index in [4.69, 9.17) is 4.98 Å². The summed E-state index contributed by atoms with van der Waals surface area (Å²) in [5.74, 6) is 0. The Morgan fingerprint density at radius 1 is 0.500 bits per heavy atom. The average Bonchev–Trinajstić information content (AvgIpc) is 2.67. The van der Waals surface area contributed by atoms with Gasteiger partial charge in [-0.2, -0.15) is 0 Å². The van der Waals surface area contributed by atoms with E-state index in [0.29, 0.717) is 0 Å². The number of fused-ring (bicyclic) bond motifs is 4. The van der Waals surface area contributed by atoms with Gasteiger partial charge < -0.3 is 0 Å². The monoisotopic (exact) mass is 305 g/mol. The van der Waals surface area contributed by atoms with E-state index in [-0.39, 0.29) is 0 Å². The van der Waals surface area contributed by atoms with E-state index >= 15 is 0 Å². The van der Waals surface area contributed by atoms with Crippen molar-refractivity contribution in [1.82, 2.24) is 4.98 Å².